The average molecular weight is 358 g/mol. The first kappa shape index (κ1) is 18.4. The predicted octanol–water partition coefficient (Wildman–Crippen LogP) is 4.11. The van der Waals surface area contributed by atoms with E-state index in [0.29, 0.717) is 5.76 Å². The second kappa shape index (κ2) is 7.78. The number of rotatable bonds is 5. The molecule has 0 amide bonds. The molecule has 0 atom stereocenters. The summed E-state index contributed by atoms with van der Waals surface area (Å²) in [5.41, 5.74) is -2.26. The number of hydrogen-bond donors (Lipinski definition) is 1. The summed E-state index contributed by atoms with van der Waals surface area (Å²) < 4.78 is 49.4. The van der Waals surface area contributed by atoms with Gasteiger partial charge in [0.2, 0.25) is 0 Å². The molecule has 0 saturated heterocycles. The molecule has 6 nitrogen and oxygen atoms in total. The molecule has 0 aliphatic heterocycles. The molecule has 9 heteroatoms. The molecule has 1 aromatic carbocycles. The molecule has 2 rings (SSSR count). The molecule has 1 aromatic heterocycles. The zero-order valence-electron chi connectivity index (χ0n) is 13.0. The Labute approximate surface area is 145 Å². The Hall–Kier alpha value is -3.90. The van der Waals surface area contributed by atoms with Crippen LogP contribution in [0.2, 0.25) is 0 Å². The molecule has 0 aliphatic rings. The Kier molecular flexibility index (Phi) is 5.52. The number of benzene rings is 1. The van der Waals surface area contributed by atoms with E-state index in [1.807, 2.05) is 0 Å². The third kappa shape index (κ3) is 4.34. The molecule has 0 spiro atoms. The molecule has 0 aliphatic carbocycles. The lowest BCUT2D eigenvalue weighted by Crippen LogP contribution is -2.08. The van der Waals surface area contributed by atoms with Crippen LogP contribution in [0.1, 0.15) is 11.3 Å². The monoisotopic (exact) mass is 358 g/mol. The first-order chi connectivity index (χ1) is 12.4. The van der Waals surface area contributed by atoms with Gasteiger partial charge < -0.3 is 14.5 Å². The number of ether oxygens (including phenoxy) is 1. The van der Waals surface area contributed by atoms with Gasteiger partial charge in [0.15, 0.2) is 5.57 Å². The van der Waals surface area contributed by atoms with Crippen LogP contribution in [-0.2, 0) is 12.8 Å². The average Bonchev–Trinajstić information content (AvgIpc) is 3.13. The second-order valence-electron chi connectivity index (χ2n) is 4.79. The van der Waals surface area contributed by atoms with Crippen molar-refractivity contribution >= 4 is 5.69 Å². The summed E-state index contributed by atoms with van der Waals surface area (Å²) in [6.45, 7) is -0.0675. The lowest BCUT2D eigenvalue weighted by atomic mass is 10.1. The highest BCUT2D eigenvalue weighted by Gasteiger charge is 2.31. The minimum atomic E-state index is -4.63. The van der Waals surface area contributed by atoms with E-state index in [9.17, 15) is 13.2 Å². The smallest absolute Gasteiger partial charge is 0.416 e. The lowest BCUT2D eigenvalue weighted by molar-refractivity contribution is -0.137. The van der Waals surface area contributed by atoms with Gasteiger partial charge in [-0.1, -0.05) is 0 Å². The van der Waals surface area contributed by atoms with Crippen molar-refractivity contribution in [3.63, 3.8) is 0 Å². The first-order valence-electron chi connectivity index (χ1n) is 6.97. The van der Waals surface area contributed by atoms with Crippen LogP contribution in [0.25, 0.3) is 0 Å². The van der Waals surface area contributed by atoms with Crippen LogP contribution >= 0.6 is 0 Å². The number of furan rings is 1. The number of allylic oxidation sites excluding steroid dienone is 2. The minimum Gasteiger partial charge on any atom is -0.483 e. The molecule has 1 heterocycles. The molecule has 0 unspecified atom stereocenters. The Morgan fingerprint density at radius 1 is 1.12 bits per heavy atom. The first-order valence-corrected chi connectivity index (χ1v) is 6.97. The maximum atomic E-state index is 13.0. The van der Waals surface area contributed by atoms with Crippen molar-refractivity contribution in [2.24, 2.45) is 0 Å². The van der Waals surface area contributed by atoms with Crippen LogP contribution in [0.15, 0.2) is 52.3 Å². The maximum Gasteiger partial charge on any atom is 0.416 e. The van der Waals surface area contributed by atoms with Gasteiger partial charge in [-0.3, -0.25) is 0 Å². The summed E-state index contributed by atoms with van der Waals surface area (Å²) in [5.74, 6) is 0.416. The molecule has 0 saturated carbocycles. The van der Waals surface area contributed by atoms with E-state index < -0.39 is 23.0 Å². The van der Waals surface area contributed by atoms with Crippen molar-refractivity contribution < 1.29 is 22.3 Å². The molecule has 0 fully saturated rings. The van der Waals surface area contributed by atoms with Crippen molar-refractivity contribution in [3.05, 3.63) is 59.2 Å². The summed E-state index contributed by atoms with van der Waals surface area (Å²) in [4.78, 5) is 0. The van der Waals surface area contributed by atoms with Crippen LogP contribution in [0.4, 0.5) is 18.9 Å². The highest BCUT2D eigenvalue weighted by atomic mass is 19.4. The van der Waals surface area contributed by atoms with Gasteiger partial charge in [0.1, 0.15) is 42.0 Å². The Bertz CT molecular complexity index is 926. The summed E-state index contributed by atoms with van der Waals surface area (Å²) in [5, 5.41) is 29.1. The minimum absolute atomic E-state index is 0.0163. The standard InChI is InChI=1S/C17H9F3N4O2/c18-17(19,20)12-3-4-16(26-10-13-2-1-5-25-13)14(6-12)24-15(9-23)11(7-21)8-22/h1-6,24H,10H2. The number of halogens is 3. The van der Waals surface area contributed by atoms with Crippen LogP contribution in [0.5, 0.6) is 5.75 Å². The quantitative estimate of drug-likeness (QED) is 0.806. The van der Waals surface area contributed by atoms with Gasteiger partial charge >= 0.3 is 6.18 Å². The fourth-order valence-corrected chi connectivity index (χ4v) is 1.89. The van der Waals surface area contributed by atoms with E-state index in [0.717, 1.165) is 18.2 Å². The lowest BCUT2D eigenvalue weighted by Gasteiger charge is -2.15. The fourth-order valence-electron chi connectivity index (χ4n) is 1.89. The van der Waals surface area contributed by atoms with Crippen molar-refractivity contribution in [2.45, 2.75) is 12.8 Å². The van der Waals surface area contributed by atoms with Crippen LogP contribution < -0.4 is 10.1 Å². The van der Waals surface area contributed by atoms with Gasteiger partial charge in [0, 0.05) is 0 Å². The third-order valence-electron chi connectivity index (χ3n) is 3.10. The van der Waals surface area contributed by atoms with Gasteiger partial charge in [-0.2, -0.15) is 29.0 Å². The van der Waals surface area contributed by atoms with E-state index >= 15 is 0 Å². The number of nitrogens with zero attached hydrogens (tertiary/aromatic N) is 3. The molecular weight excluding hydrogens is 349 g/mol. The van der Waals surface area contributed by atoms with E-state index in [-0.39, 0.29) is 18.0 Å². The zero-order valence-corrected chi connectivity index (χ0v) is 13.0. The molecular formula is C17H9F3N4O2. The number of nitrogens with one attached hydrogen (secondary N) is 1. The Morgan fingerprint density at radius 2 is 1.85 bits per heavy atom. The van der Waals surface area contributed by atoms with Crippen molar-refractivity contribution in [2.75, 3.05) is 5.32 Å². The largest absolute Gasteiger partial charge is 0.483 e. The van der Waals surface area contributed by atoms with Gasteiger partial charge in [0.05, 0.1) is 17.5 Å². The summed E-state index contributed by atoms with van der Waals surface area (Å²) >= 11 is 0. The number of alkyl halides is 3. The molecule has 0 bridgehead atoms. The second-order valence-corrected chi connectivity index (χ2v) is 4.79. The number of anilines is 1. The topological polar surface area (TPSA) is 106 Å². The predicted molar refractivity (Wildman–Crippen MR) is 82.0 cm³/mol. The van der Waals surface area contributed by atoms with Crippen LogP contribution in [-0.4, -0.2) is 0 Å². The van der Waals surface area contributed by atoms with Gasteiger partial charge in [-0.25, -0.2) is 0 Å². The normalized spacial score (nSPS) is 10.2. The Balaban J connectivity index is 2.42. The fraction of sp³-hybridized carbons (Fsp3) is 0.118. The van der Waals surface area contributed by atoms with Crippen molar-refractivity contribution in [3.8, 4) is 24.0 Å². The Morgan fingerprint density at radius 3 is 2.38 bits per heavy atom. The molecule has 26 heavy (non-hydrogen) atoms. The SMILES string of the molecule is N#CC(C#N)=C(C#N)Nc1cc(C(F)(F)F)ccc1OCc1ccco1. The number of nitriles is 3. The van der Waals surface area contributed by atoms with E-state index in [1.165, 1.54) is 18.4 Å². The van der Waals surface area contributed by atoms with Crippen LogP contribution in [0.3, 0.4) is 0 Å². The van der Waals surface area contributed by atoms with Crippen molar-refractivity contribution in [1.29, 1.82) is 15.8 Å². The highest BCUT2D eigenvalue weighted by Crippen LogP contribution is 2.36. The summed E-state index contributed by atoms with van der Waals surface area (Å²) in [6.07, 6.45) is -3.22. The summed E-state index contributed by atoms with van der Waals surface area (Å²) in [7, 11) is 0. The number of hydrogen-bond acceptors (Lipinski definition) is 6. The van der Waals surface area contributed by atoms with E-state index in [4.69, 9.17) is 24.9 Å². The van der Waals surface area contributed by atoms with Gasteiger partial charge in [-0.15, -0.1) is 0 Å². The molecule has 0 radical (unpaired) electrons. The maximum absolute atomic E-state index is 13.0. The molecule has 130 valence electrons. The van der Waals surface area contributed by atoms with E-state index in [1.54, 1.807) is 18.2 Å². The molecule has 2 aromatic rings. The zero-order chi connectivity index (χ0) is 19.2. The van der Waals surface area contributed by atoms with Crippen molar-refractivity contribution in [1.82, 2.24) is 0 Å². The van der Waals surface area contributed by atoms with E-state index in [2.05, 4.69) is 5.32 Å². The van der Waals surface area contributed by atoms with Gasteiger partial charge in [-0.05, 0) is 30.3 Å². The molecule has 1 N–H and O–H groups in total. The van der Waals surface area contributed by atoms with Gasteiger partial charge in [0.25, 0.3) is 0 Å². The van der Waals surface area contributed by atoms with Crippen LogP contribution in [0, 0.1) is 34.0 Å². The summed E-state index contributed by atoms with van der Waals surface area (Å²) in [6, 6.07) is 10.4. The highest BCUT2D eigenvalue weighted by molar-refractivity contribution is 5.65. The third-order valence-corrected chi connectivity index (χ3v) is 3.10.